The van der Waals surface area contributed by atoms with E-state index >= 15 is 0 Å². The van der Waals surface area contributed by atoms with Crippen molar-refractivity contribution in [3.05, 3.63) is 18.0 Å². The summed E-state index contributed by atoms with van der Waals surface area (Å²) in [5.74, 6) is -0.110. The molecule has 0 bridgehead atoms. The van der Waals surface area contributed by atoms with E-state index < -0.39 is 0 Å². The van der Waals surface area contributed by atoms with Gasteiger partial charge < -0.3 is 15.0 Å². The number of likely N-dealkylation sites (tertiary alicyclic amines) is 1. The van der Waals surface area contributed by atoms with E-state index in [9.17, 15) is 9.59 Å². The normalized spacial score (nSPS) is 15.9. The number of ether oxygens (including phenoxy) is 1. The zero-order valence-electron chi connectivity index (χ0n) is 13.4. The molecule has 1 saturated heterocycles. The number of nitrogens with zero attached hydrogens (tertiary/aromatic N) is 3. The Labute approximate surface area is 130 Å². The highest BCUT2D eigenvalue weighted by atomic mass is 16.6. The highest BCUT2D eigenvalue weighted by Gasteiger charge is 2.25. The first kappa shape index (κ1) is 16.3. The number of nitrogens with one attached hydrogen (secondary N) is 1. The molecule has 2 rings (SSSR count). The number of amides is 2. The standard InChI is InChI=1S/C15H24N4O3/c1-4-22-15(21)18-7-5-13(6-8-18)17-14(20)12-9-16-19(10-12)11(2)3/h9-11,13H,4-8H2,1-3H3,(H,17,20). The fourth-order valence-electron chi connectivity index (χ4n) is 2.43. The monoisotopic (exact) mass is 308 g/mol. The molecule has 1 aliphatic rings. The number of carbonyl (C=O) groups excluding carboxylic acids is 2. The summed E-state index contributed by atoms with van der Waals surface area (Å²) in [6.07, 6.45) is 4.55. The molecule has 22 heavy (non-hydrogen) atoms. The van der Waals surface area contributed by atoms with Crippen LogP contribution in [0.2, 0.25) is 0 Å². The van der Waals surface area contributed by atoms with Crippen LogP contribution in [0.4, 0.5) is 4.79 Å². The van der Waals surface area contributed by atoms with Gasteiger partial charge in [0.2, 0.25) is 0 Å². The molecule has 0 radical (unpaired) electrons. The first-order valence-corrected chi connectivity index (χ1v) is 7.78. The maximum absolute atomic E-state index is 12.2. The van der Waals surface area contributed by atoms with E-state index in [1.807, 2.05) is 13.8 Å². The van der Waals surface area contributed by atoms with E-state index in [1.165, 1.54) is 0 Å². The van der Waals surface area contributed by atoms with Crippen molar-refractivity contribution in [3.63, 3.8) is 0 Å². The Hall–Kier alpha value is -2.05. The Morgan fingerprint density at radius 2 is 2.09 bits per heavy atom. The van der Waals surface area contributed by atoms with Gasteiger partial charge in [-0.15, -0.1) is 0 Å². The smallest absolute Gasteiger partial charge is 0.409 e. The van der Waals surface area contributed by atoms with Crippen LogP contribution < -0.4 is 5.32 Å². The second-order valence-electron chi connectivity index (χ2n) is 5.74. The molecule has 0 aromatic carbocycles. The van der Waals surface area contributed by atoms with Gasteiger partial charge in [-0.1, -0.05) is 0 Å². The van der Waals surface area contributed by atoms with Gasteiger partial charge in [0.15, 0.2) is 0 Å². The van der Waals surface area contributed by atoms with Crippen molar-refractivity contribution >= 4 is 12.0 Å². The maximum Gasteiger partial charge on any atom is 0.409 e. The third kappa shape index (κ3) is 3.99. The van der Waals surface area contributed by atoms with Crippen molar-refractivity contribution in [3.8, 4) is 0 Å². The van der Waals surface area contributed by atoms with Gasteiger partial charge in [-0.2, -0.15) is 5.10 Å². The molecule has 1 aromatic heterocycles. The molecular weight excluding hydrogens is 284 g/mol. The average Bonchev–Trinajstić information content (AvgIpc) is 2.98. The lowest BCUT2D eigenvalue weighted by atomic mass is 10.1. The van der Waals surface area contributed by atoms with Crippen molar-refractivity contribution in [2.75, 3.05) is 19.7 Å². The second kappa shape index (κ2) is 7.29. The van der Waals surface area contributed by atoms with E-state index in [0.29, 0.717) is 25.3 Å². The SMILES string of the molecule is CCOC(=O)N1CCC(NC(=O)c2cnn(C(C)C)c2)CC1. The van der Waals surface area contributed by atoms with Crippen LogP contribution in [0.5, 0.6) is 0 Å². The largest absolute Gasteiger partial charge is 0.450 e. The lowest BCUT2D eigenvalue weighted by molar-refractivity contribution is 0.0860. The van der Waals surface area contributed by atoms with Gasteiger partial charge in [0.1, 0.15) is 0 Å². The lowest BCUT2D eigenvalue weighted by Gasteiger charge is -2.31. The summed E-state index contributed by atoms with van der Waals surface area (Å²) in [7, 11) is 0. The molecule has 1 aliphatic heterocycles. The van der Waals surface area contributed by atoms with Gasteiger partial charge in [0.05, 0.1) is 18.4 Å². The van der Waals surface area contributed by atoms with E-state index in [2.05, 4.69) is 10.4 Å². The van der Waals surface area contributed by atoms with Crippen LogP contribution in [0.1, 0.15) is 50.0 Å². The number of carbonyl (C=O) groups is 2. The minimum absolute atomic E-state index is 0.0839. The minimum Gasteiger partial charge on any atom is -0.450 e. The van der Waals surface area contributed by atoms with Crippen LogP contribution in [-0.4, -0.2) is 52.4 Å². The summed E-state index contributed by atoms with van der Waals surface area (Å²) in [6, 6.07) is 0.315. The summed E-state index contributed by atoms with van der Waals surface area (Å²) in [6.45, 7) is 7.42. The van der Waals surface area contributed by atoms with Gasteiger partial charge in [0, 0.05) is 31.4 Å². The van der Waals surface area contributed by atoms with E-state index in [4.69, 9.17) is 4.74 Å². The quantitative estimate of drug-likeness (QED) is 0.920. The topological polar surface area (TPSA) is 76.5 Å². The Morgan fingerprint density at radius 1 is 1.41 bits per heavy atom. The molecule has 0 saturated carbocycles. The molecule has 122 valence electrons. The van der Waals surface area contributed by atoms with Crippen LogP contribution in [-0.2, 0) is 4.74 Å². The van der Waals surface area contributed by atoms with Crippen molar-refractivity contribution < 1.29 is 14.3 Å². The van der Waals surface area contributed by atoms with Crippen LogP contribution in [0.25, 0.3) is 0 Å². The van der Waals surface area contributed by atoms with Crippen molar-refractivity contribution in [2.45, 2.75) is 45.7 Å². The van der Waals surface area contributed by atoms with Crippen LogP contribution >= 0.6 is 0 Å². The third-order valence-electron chi connectivity index (χ3n) is 3.75. The predicted molar refractivity (Wildman–Crippen MR) is 81.7 cm³/mol. The Balaban J connectivity index is 1.82. The molecule has 2 amide bonds. The molecule has 7 heteroatoms. The summed E-state index contributed by atoms with van der Waals surface area (Å²) >= 11 is 0. The zero-order chi connectivity index (χ0) is 16.1. The van der Waals surface area contributed by atoms with Crippen LogP contribution in [0.15, 0.2) is 12.4 Å². The molecule has 0 unspecified atom stereocenters. The molecule has 1 aromatic rings. The third-order valence-corrected chi connectivity index (χ3v) is 3.75. The summed E-state index contributed by atoms with van der Waals surface area (Å²) < 4.78 is 6.74. The first-order chi connectivity index (χ1) is 10.5. The molecule has 7 nitrogen and oxygen atoms in total. The van der Waals surface area contributed by atoms with Gasteiger partial charge >= 0.3 is 6.09 Å². The van der Waals surface area contributed by atoms with E-state index in [0.717, 1.165) is 12.8 Å². The Morgan fingerprint density at radius 3 is 2.64 bits per heavy atom. The predicted octanol–water partition coefficient (Wildman–Crippen LogP) is 1.81. The molecule has 0 spiro atoms. The average molecular weight is 308 g/mol. The zero-order valence-corrected chi connectivity index (χ0v) is 13.4. The molecular formula is C15H24N4O3. The fraction of sp³-hybridized carbons (Fsp3) is 0.667. The second-order valence-corrected chi connectivity index (χ2v) is 5.74. The number of rotatable bonds is 4. The molecule has 0 atom stereocenters. The Kier molecular flexibility index (Phi) is 5.41. The van der Waals surface area contributed by atoms with Crippen molar-refractivity contribution in [2.24, 2.45) is 0 Å². The fourth-order valence-corrected chi connectivity index (χ4v) is 2.43. The molecule has 1 N–H and O–H groups in total. The number of piperidine rings is 1. The van der Waals surface area contributed by atoms with Crippen LogP contribution in [0.3, 0.4) is 0 Å². The summed E-state index contributed by atoms with van der Waals surface area (Å²) in [4.78, 5) is 25.5. The minimum atomic E-state index is -0.273. The van der Waals surface area contributed by atoms with Gasteiger partial charge in [-0.3, -0.25) is 9.48 Å². The van der Waals surface area contributed by atoms with E-state index in [-0.39, 0.29) is 24.1 Å². The first-order valence-electron chi connectivity index (χ1n) is 7.78. The Bertz CT molecular complexity index is 519. The van der Waals surface area contributed by atoms with Gasteiger partial charge in [-0.25, -0.2) is 4.79 Å². The lowest BCUT2D eigenvalue weighted by Crippen LogP contribution is -2.46. The highest BCUT2D eigenvalue weighted by molar-refractivity contribution is 5.93. The van der Waals surface area contributed by atoms with Gasteiger partial charge in [0.25, 0.3) is 5.91 Å². The number of hydrogen-bond acceptors (Lipinski definition) is 4. The highest BCUT2D eigenvalue weighted by Crippen LogP contribution is 2.13. The summed E-state index contributed by atoms with van der Waals surface area (Å²) in [5.41, 5.74) is 0.571. The molecule has 2 heterocycles. The molecule has 0 aliphatic carbocycles. The van der Waals surface area contributed by atoms with Crippen molar-refractivity contribution in [1.29, 1.82) is 0 Å². The van der Waals surface area contributed by atoms with Crippen molar-refractivity contribution in [1.82, 2.24) is 20.0 Å². The van der Waals surface area contributed by atoms with Gasteiger partial charge in [-0.05, 0) is 33.6 Å². The maximum atomic E-state index is 12.2. The summed E-state index contributed by atoms with van der Waals surface area (Å²) in [5, 5.41) is 7.18. The van der Waals surface area contributed by atoms with Crippen LogP contribution in [0, 0.1) is 0 Å². The molecule has 1 fully saturated rings. The van der Waals surface area contributed by atoms with E-state index in [1.54, 1.807) is 28.9 Å². The number of hydrogen-bond donors (Lipinski definition) is 1. The number of aromatic nitrogens is 2.